The average Bonchev–Trinajstić information content (AvgIpc) is 2.91. The number of ether oxygens (including phenoxy) is 1. The molecule has 9 heteroatoms. The van der Waals surface area contributed by atoms with E-state index in [0.717, 1.165) is 10.5 Å². The number of imide groups is 1. The van der Waals surface area contributed by atoms with Crippen molar-refractivity contribution in [3.8, 4) is 5.75 Å². The van der Waals surface area contributed by atoms with E-state index in [4.69, 9.17) is 0 Å². The molecule has 1 atom stereocenters. The Morgan fingerprint density at radius 2 is 1.79 bits per heavy atom. The summed E-state index contributed by atoms with van der Waals surface area (Å²) in [7, 11) is 0. The number of hydrogen-bond acceptors (Lipinski definition) is 4. The summed E-state index contributed by atoms with van der Waals surface area (Å²) in [4.78, 5) is 38.1. The number of nitrogens with one attached hydrogen (secondary N) is 2. The van der Waals surface area contributed by atoms with Crippen LogP contribution < -0.4 is 15.4 Å². The summed E-state index contributed by atoms with van der Waals surface area (Å²) in [6.45, 7) is -1.64. The molecule has 4 amide bonds. The second-order valence-electron chi connectivity index (χ2n) is 6.61. The number of hydrogen-bond donors (Lipinski definition) is 2. The van der Waals surface area contributed by atoms with E-state index < -0.39 is 36.5 Å². The number of benzene rings is 2. The number of amides is 4. The zero-order valence-electron chi connectivity index (χ0n) is 15.5. The molecule has 1 aliphatic rings. The highest BCUT2D eigenvalue weighted by atomic mass is 19.3. The van der Waals surface area contributed by atoms with Gasteiger partial charge in [0.05, 0.1) is 0 Å². The van der Waals surface area contributed by atoms with Crippen LogP contribution in [0.15, 0.2) is 54.6 Å². The van der Waals surface area contributed by atoms with Crippen molar-refractivity contribution in [3.05, 3.63) is 65.7 Å². The number of nitrogens with zero attached hydrogens (tertiary/aromatic N) is 1. The molecule has 7 nitrogen and oxygen atoms in total. The second kappa shape index (κ2) is 8.26. The van der Waals surface area contributed by atoms with E-state index in [1.165, 1.54) is 31.2 Å². The molecule has 2 aromatic carbocycles. The molecule has 1 saturated heterocycles. The standard InChI is InChI=1S/C20H19F2N3O4/c1-20(14-7-9-15(10-8-14)29-18(21)22)17(27)25(19(28)24-20)12-16(26)23-11-13-5-3-2-4-6-13/h2-10,18H,11-12H2,1H3,(H,23,26)(H,24,28)/t20-/m0/s1. The Morgan fingerprint density at radius 3 is 2.41 bits per heavy atom. The minimum absolute atomic E-state index is 0.0683. The van der Waals surface area contributed by atoms with Gasteiger partial charge in [-0.3, -0.25) is 14.5 Å². The number of halogens is 2. The van der Waals surface area contributed by atoms with E-state index in [0.29, 0.717) is 5.56 Å². The lowest BCUT2D eigenvalue weighted by molar-refractivity contribution is -0.134. The van der Waals surface area contributed by atoms with Crippen LogP contribution in [0.25, 0.3) is 0 Å². The van der Waals surface area contributed by atoms with Crippen molar-refractivity contribution in [2.75, 3.05) is 6.54 Å². The predicted octanol–water partition coefficient (Wildman–Crippen LogP) is 2.37. The van der Waals surface area contributed by atoms with Gasteiger partial charge in [-0.25, -0.2) is 4.79 Å². The molecule has 152 valence electrons. The SMILES string of the molecule is C[C@@]1(c2ccc(OC(F)F)cc2)NC(=O)N(CC(=O)NCc2ccccc2)C1=O. The van der Waals surface area contributed by atoms with Crippen LogP contribution in [-0.4, -0.2) is 35.9 Å². The summed E-state index contributed by atoms with van der Waals surface area (Å²) in [5.41, 5.74) is -0.154. The lowest BCUT2D eigenvalue weighted by Crippen LogP contribution is -2.43. The minimum atomic E-state index is -2.96. The maximum Gasteiger partial charge on any atom is 0.387 e. The van der Waals surface area contributed by atoms with Crippen molar-refractivity contribution in [2.24, 2.45) is 0 Å². The van der Waals surface area contributed by atoms with Gasteiger partial charge < -0.3 is 15.4 Å². The van der Waals surface area contributed by atoms with Crippen LogP contribution in [0.1, 0.15) is 18.1 Å². The first-order valence-electron chi connectivity index (χ1n) is 8.79. The molecule has 1 fully saturated rings. The van der Waals surface area contributed by atoms with E-state index in [1.54, 1.807) is 0 Å². The van der Waals surface area contributed by atoms with Gasteiger partial charge in [-0.1, -0.05) is 42.5 Å². The van der Waals surface area contributed by atoms with Crippen LogP contribution in [0.4, 0.5) is 13.6 Å². The summed E-state index contributed by atoms with van der Waals surface area (Å²) in [6, 6.07) is 13.9. The zero-order chi connectivity index (χ0) is 21.0. The van der Waals surface area contributed by atoms with Gasteiger partial charge in [0, 0.05) is 6.54 Å². The molecular formula is C20H19F2N3O4. The zero-order valence-corrected chi connectivity index (χ0v) is 15.5. The molecule has 29 heavy (non-hydrogen) atoms. The van der Waals surface area contributed by atoms with Gasteiger partial charge in [-0.2, -0.15) is 8.78 Å². The molecule has 1 aliphatic heterocycles. The number of alkyl halides is 2. The average molecular weight is 403 g/mol. The van der Waals surface area contributed by atoms with E-state index in [9.17, 15) is 23.2 Å². The molecule has 1 heterocycles. The van der Waals surface area contributed by atoms with Crippen molar-refractivity contribution >= 4 is 17.8 Å². The van der Waals surface area contributed by atoms with E-state index in [2.05, 4.69) is 15.4 Å². The van der Waals surface area contributed by atoms with Gasteiger partial charge in [-0.05, 0) is 30.2 Å². The quantitative estimate of drug-likeness (QED) is 0.695. The van der Waals surface area contributed by atoms with E-state index in [1.807, 2.05) is 30.3 Å². The van der Waals surface area contributed by atoms with Crippen molar-refractivity contribution < 1.29 is 27.9 Å². The van der Waals surface area contributed by atoms with E-state index in [-0.39, 0.29) is 12.3 Å². The molecule has 0 radical (unpaired) electrons. The van der Waals surface area contributed by atoms with Gasteiger partial charge in [-0.15, -0.1) is 0 Å². The summed E-state index contributed by atoms with van der Waals surface area (Å²) >= 11 is 0. The number of carbonyl (C=O) groups excluding carboxylic acids is 3. The maximum atomic E-state index is 12.8. The third-order valence-electron chi connectivity index (χ3n) is 4.57. The highest BCUT2D eigenvalue weighted by molar-refractivity contribution is 6.09. The topological polar surface area (TPSA) is 87.7 Å². The summed E-state index contributed by atoms with van der Waals surface area (Å²) in [5.74, 6) is -1.16. The van der Waals surface area contributed by atoms with Crippen LogP contribution >= 0.6 is 0 Å². The molecule has 2 N–H and O–H groups in total. The predicted molar refractivity (Wildman–Crippen MR) is 99.0 cm³/mol. The Balaban J connectivity index is 1.66. The van der Waals surface area contributed by atoms with Crippen LogP contribution in [0.2, 0.25) is 0 Å². The first-order valence-corrected chi connectivity index (χ1v) is 8.79. The summed E-state index contributed by atoms with van der Waals surface area (Å²) < 4.78 is 28.8. The van der Waals surface area contributed by atoms with Gasteiger partial charge in [0.15, 0.2) is 0 Å². The highest BCUT2D eigenvalue weighted by Gasteiger charge is 2.49. The molecule has 0 bridgehead atoms. The van der Waals surface area contributed by atoms with Gasteiger partial charge in [0.2, 0.25) is 5.91 Å². The van der Waals surface area contributed by atoms with Crippen LogP contribution in [0.5, 0.6) is 5.75 Å². The van der Waals surface area contributed by atoms with Gasteiger partial charge >= 0.3 is 12.6 Å². The highest BCUT2D eigenvalue weighted by Crippen LogP contribution is 2.30. The summed E-state index contributed by atoms with van der Waals surface area (Å²) in [5, 5.41) is 5.21. The Labute approximate surface area is 165 Å². The molecule has 0 aliphatic carbocycles. The third kappa shape index (κ3) is 4.50. The Morgan fingerprint density at radius 1 is 1.14 bits per heavy atom. The van der Waals surface area contributed by atoms with Crippen molar-refractivity contribution in [2.45, 2.75) is 25.6 Å². The molecular weight excluding hydrogens is 384 g/mol. The monoisotopic (exact) mass is 403 g/mol. The fourth-order valence-electron chi connectivity index (χ4n) is 3.00. The largest absolute Gasteiger partial charge is 0.435 e. The molecule has 0 aromatic heterocycles. The smallest absolute Gasteiger partial charge is 0.387 e. The first-order chi connectivity index (χ1) is 13.8. The van der Waals surface area contributed by atoms with Gasteiger partial charge in [0.1, 0.15) is 17.8 Å². The van der Waals surface area contributed by atoms with Crippen molar-refractivity contribution in [1.82, 2.24) is 15.5 Å². The van der Waals surface area contributed by atoms with E-state index >= 15 is 0 Å². The van der Waals surface area contributed by atoms with Crippen molar-refractivity contribution in [1.29, 1.82) is 0 Å². The number of carbonyl (C=O) groups is 3. The second-order valence-corrected chi connectivity index (χ2v) is 6.61. The minimum Gasteiger partial charge on any atom is -0.435 e. The fourth-order valence-corrected chi connectivity index (χ4v) is 3.00. The Bertz CT molecular complexity index is 906. The van der Waals surface area contributed by atoms with Crippen LogP contribution in [-0.2, 0) is 21.7 Å². The van der Waals surface area contributed by atoms with Crippen LogP contribution in [0, 0.1) is 0 Å². The number of urea groups is 1. The summed E-state index contributed by atoms with van der Waals surface area (Å²) in [6.07, 6.45) is 0. The molecule has 2 aromatic rings. The molecule has 0 spiro atoms. The van der Waals surface area contributed by atoms with Crippen molar-refractivity contribution in [3.63, 3.8) is 0 Å². The lowest BCUT2D eigenvalue weighted by Gasteiger charge is -2.22. The first kappa shape index (κ1) is 20.2. The number of rotatable bonds is 7. The molecule has 0 saturated carbocycles. The third-order valence-corrected chi connectivity index (χ3v) is 4.57. The normalized spacial score (nSPS) is 18.7. The molecule has 3 rings (SSSR count). The molecule has 0 unspecified atom stereocenters. The van der Waals surface area contributed by atoms with Crippen LogP contribution in [0.3, 0.4) is 0 Å². The van der Waals surface area contributed by atoms with Gasteiger partial charge in [0.25, 0.3) is 5.91 Å². The fraction of sp³-hybridized carbons (Fsp3) is 0.250. The lowest BCUT2D eigenvalue weighted by atomic mass is 9.92. The Kier molecular flexibility index (Phi) is 5.76. The Hall–Kier alpha value is -3.49. The maximum absolute atomic E-state index is 12.8.